The molecule has 0 saturated carbocycles. The van der Waals surface area contributed by atoms with E-state index in [1.54, 1.807) is 18.2 Å². The Hall–Kier alpha value is -3.14. The number of aryl methyl sites for hydroxylation is 1. The molecule has 0 fully saturated rings. The molecular formula is C26H23F2N5S2. The summed E-state index contributed by atoms with van der Waals surface area (Å²) in [6.45, 7) is 2.27. The molecule has 0 aliphatic carbocycles. The van der Waals surface area contributed by atoms with Crippen LogP contribution in [0.1, 0.15) is 34.0 Å². The van der Waals surface area contributed by atoms with Gasteiger partial charge in [-0.3, -0.25) is 0 Å². The van der Waals surface area contributed by atoms with Gasteiger partial charge in [-0.1, -0.05) is 77.7 Å². The first kappa shape index (κ1) is 23.6. The number of hydrogen-bond acceptors (Lipinski definition) is 7. The van der Waals surface area contributed by atoms with Crippen LogP contribution in [-0.2, 0) is 4.87 Å². The third kappa shape index (κ3) is 4.47. The summed E-state index contributed by atoms with van der Waals surface area (Å²) in [6, 6.07) is 22.9. The van der Waals surface area contributed by atoms with Crippen LogP contribution in [0.3, 0.4) is 0 Å². The highest BCUT2D eigenvalue weighted by Crippen LogP contribution is 2.58. The predicted molar refractivity (Wildman–Crippen MR) is 139 cm³/mol. The number of hydrogen-bond donors (Lipinski definition) is 1. The number of aromatic nitrogens is 2. The standard InChI is InChI=1S/C26H23F2N5S2/c1-17-30-31-25(34-17)33-26(20-9-3-2-4-10-20,23(13-14-29)18-7-5-11-21(27)15-18)35-24(32-33)19-8-6-12-22(28)16-19/h2-12,15-16,23H,13-14,29H2,1H3. The number of nitrogens with two attached hydrogens (primary N) is 1. The number of thioether (sulfide) groups is 1. The summed E-state index contributed by atoms with van der Waals surface area (Å²) < 4.78 is 28.6. The van der Waals surface area contributed by atoms with Gasteiger partial charge in [0.25, 0.3) is 0 Å². The zero-order valence-electron chi connectivity index (χ0n) is 18.9. The zero-order valence-corrected chi connectivity index (χ0v) is 20.6. The van der Waals surface area contributed by atoms with E-state index in [0.29, 0.717) is 28.7 Å². The van der Waals surface area contributed by atoms with Crippen LogP contribution in [0.25, 0.3) is 0 Å². The molecule has 2 N–H and O–H groups in total. The lowest BCUT2D eigenvalue weighted by molar-refractivity contribution is 0.449. The molecule has 2 heterocycles. The molecule has 5 rings (SSSR count). The van der Waals surface area contributed by atoms with Crippen molar-refractivity contribution in [1.29, 1.82) is 0 Å². The quantitative estimate of drug-likeness (QED) is 0.331. The van der Waals surface area contributed by atoms with Gasteiger partial charge in [0.15, 0.2) is 0 Å². The Labute approximate surface area is 210 Å². The summed E-state index contributed by atoms with van der Waals surface area (Å²) in [6.07, 6.45) is 0.561. The third-order valence-corrected chi connectivity index (χ3v) is 8.22. The Morgan fingerprint density at radius 3 is 2.34 bits per heavy atom. The Balaban J connectivity index is 1.77. The maximum atomic E-state index is 14.4. The molecule has 0 radical (unpaired) electrons. The molecule has 0 saturated heterocycles. The van der Waals surface area contributed by atoms with Gasteiger partial charge in [-0.05, 0) is 55.3 Å². The Kier molecular flexibility index (Phi) is 6.64. The van der Waals surface area contributed by atoms with Crippen LogP contribution in [-0.4, -0.2) is 21.8 Å². The lowest BCUT2D eigenvalue weighted by atomic mass is 9.83. The fraction of sp³-hybridized carbons (Fsp3) is 0.192. The van der Waals surface area contributed by atoms with Crippen LogP contribution < -0.4 is 10.7 Å². The Morgan fingerprint density at radius 1 is 0.943 bits per heavy atom. The fourth-order valence-electron chi connectivity index (χ4n) is 4.43. The van der Waals surface area contributed by atoms with Crippen LogP contribution >= 0.6 is 23.1 Å². The SMILES string of the molecule is Cc1nnc(N2N=C(c3cccc(F)c3)SC2(c2ccccc2)C(CCN)c2cccc(F)c2)s1. The molecule has 0 spiro atoms. The second-order valence-corrected chi connectivity index (χ2v) is 10.6. The van der Waals surface area contributed by atoms with Crippen LogP contribution in [0.2, 0.25) is 0 Å². The summed E-state index contributed by atoms with van der Waals surface area (Å²) in [5.41, 5.74) is 8.54. The van der Waals surface area contributed by atoms with Gasteiger partial charge < -0.3 is 5.73 Å². The van der Waals surface area contributed by atoms with Crippen LogP contribution in [0.4, 0.5) is 13.9 Å². The molecule has 178 valence electrons. The van der Waals surface area contributed by atoms with E-state index in [0.717, 1.165) is 16.1 Å². The van der Waals surface area contributed by atoms with Crippen molar-refractivity contribution in [2.24, 2.45) is 10.8 Å². The van der Waals surface area contributed by atoms with Gasteiger partial charge in [0.05, 0.1) is 0 Å². The van der Waals surface area contributed by atoms with Crippen LogP contribution in [0.5, 0.6) is 0 Å². The van der Waals surface area contributed by atoms with Crippen molar-refractivity contribution in [3.05, 3.63) is 112 Å². The molecule has 2 unspecified atom stereocenters. The maximum absolute atomic E-state index is 14.4. The fourth-order valence-corrected chi connectivity index (χ4v) is 6.71. The first-order valence-electron chi connectivity index (χ1n) is 11.2. The van der Waals surface area contributed by atoms with Gasteiger partial charge in [-0.25, -0.2) is 13.8 Å². The summed E-state index contributed by atoms with van der Waals surface area (Å²) in [4.78, 5) is -0.859. The van der Waals surface area contributed by atoms with Gasteiger partial charge in [0.2, 0.25) is 5.13 Å². The normalized spacial score (nSPS) is 18.5. The first-order chi connectivity index (χ1) is 17.0. The van der Waals surface area contributed by atoms with Gasteiger partial charge in [-0.15, -0.1) is 10.2 Å². The lowest BCUT2D eigenvalue weighted by Gasteiger charge is -2.42. The summed E-state index contributed by atoms with van der Waals surface area (Å²) in [5, 5.41) is 17.5. The minimum atomic E-state index is -0.859. The van der Waals surface area contributed by atoms with E-state index in [1.165, 1.54) is 41.3 Å². The zero-order chi connectivity index (χ0) is 24.4. The van der Waals surface area contributed by atoms with Gasteiger partial charge in [-0.2, -0.15) is 5.10 Å². The van der Waals surface area contributed by atoms with E-state index in [4.69, 9.17) is 10.8 Å². The highest BCUT2D eigenvalue weighted by Gasteiger charge is 2.53. The van der Waals surface area contributed by atoms with Crippen molar-refractivity contribution < 1.29 is 8.78 Å². The van der Waals surface area contributed by atoms with Crippen molar-refractivity contribution in [3.8, 4) is 0 Å². The summed E-state index contributed by atoms with van der Waals surface area (Å²) in [5.74, 6) is -0.931. The highest BCUT2D eigenvalue weighted by atomic mass is 32.2. The topological polar surface area (TPSA) is 67.4 Å². The van der Waals surface area contributed by atoms with Crippen molar-refractivity contribution >= 4 is 33.3 Å². The highest BCUT2D eigenvalue weighted by molar-refractivity contribution is 8.15. The minimum absolute atomic E-state index is 0.269. The third-order valence-electron chi connectivity index (χ3n) is 5.89. The monoisotopic (exact) mass is 507 g/mol. The maximum Gasteiger partial charge on any atom is 0.230 e. The molecule has 9 heteroatoms. The molecular weight excluding hydrogens is 484 g/mol. The van der Waals surface area contributed by atoms with Crippen molar-refractivity contribution in [2.75, 3.05) is 11.6 Å². The van der Waals surface area contributed by atoms with Crippen molar-refractivity contribution in [3.63, 3.8) is 0 Å². The van der Waals surface area contributed by atoms with E-state index in [2.05, 4.69) is 10.2 Å². The molecule has 1 aliphatic heterocycles. The number of rotatable bonds is 7. The molecule has 1 aromatic heterocycles. The second-order valence-electron chi connectivity index (χ2n) is 8.18. The van der Waals surface area contributed by atoms with E-state index < -0.39 is 4.87 Å². The second kappa shape index (κ2) is 9.85. The number of benzene rings is 3. The number of anilines is 1. The van der Waals surface area contributed by atoms with E-state index in [9.17, 15) is 8.78 Å². The number of hydrazone groups is 1. The van der Waals surface area contributed by atoms with Crippen LogP contribution in [0, 0.1) is 18.6 Å². The van der Waals surface area contributed by atoms with Crippen molar-refractivity contribution in [2.45, 2.75) is 24.1 Å². The van der Waals surface area contributed by atoms with E-state index in [-0.39, 0.29) is 17.6 Å². The molecule has 0 amide bonds. The number of halogens is 2. The molecule has 35 heavy (non-hydrogen) atoms. The van der Waals surface area contributed by atoms with E-state index >= 15 is 0 Å². The van der Waals surface area contributed by atoms with Crippen LogP contribution in [0.15, 0.2) is 84.0 Å². The molecule has 0 bridgehead atoms. The number of nitrogens with zero attached hydrogens (tertiary/aromatic N) is 4. The lowest BCUT2D eigenvalue weighted by Crippen LogP contribution is -2.44. The minimum Gasteiger partial charge on any atom is -0.330 e. The molecule has 4 aromatic rings. The average molecular weight is 508 g/mol. The Morgan fingerprint density at radius 2 is 1.69 bits per heavy atom. The van der Waals surface area contributed by atoms with Gasteiger partial charge in [0, 0.05) is 11.5 Å². The smallest absolute Gasteiger partial charge is 0.230 e. The van der Waals surface area contributed by atoms with Gasteiger partial charge >= 0.3 is 0 Å². The van der Waals surface area contributed by atoms with E-state index in [1.807, 2.05) is 54.4 Å². The molecule has 2 atom stereocenters. The largest absolute Gasteiger partial charge is 0.330 e. The van der Waals surface area contributed by atoms with Gasteiger partial charge in [0.1, 0.15) is 26.6 Å². The summed E-state index contributed by atoms with van der Waals surface area (Å²) >= 11 is 2.92. The molecule has 1 aliphatic rings. The molecule has 5 nitrogen and oxygen atoms in total. The Bertz CT molecular complexity index is 1360. The van der Waals surface area contributed by atoms with Crippen molar-refractivity contribution in [1.82, 2.24) is 10.2 Å². The summed E-state index contributed by atoms with van der Waals surface area (Å²) in [7, 11) is 0. The molecule has 3 aromatic carbocycles. The first-order valence-corrected chi connectivity index (χ1v) is 12.8. The predicted octanol–water partition coefficient (Wildman–Crippen LogP) is 6.03. The average Bonchev–Trinajstić information content (AvgIpc) is 3.47.